The van der Waals surface area contributed by atoms with E-state index in [1.807, 2.05) is 0 Å². The zero-order chi connectivity index (χ0) is 18.6. The van der Waals surface area contributed by atoms with E-state index in [0.717, 1.165) is 0 Å². The van der Waals surface area contributed by atoms with Gasteiger partial charge in [-0.3, -0.25) is 4.79 Å². The lowest BCUT2D eigenvalue weighted by atomic mass is 9.97. The van der Waals surface area contributed by atoms with Gasteiger partial charge in [-0.1, -0.05) is 23.2 Å². The molecule has 0 saturated carbocycles. The van der Waals surface area contributed by atoms with Crippen molar-refractivity contribution in [2.75, 3.05) is 25.4 Å². The normalized spacial score (nSPS) is 18.1. The van der Waals surface area contributed by atoms with Crippen LogP contribution in [0.4, 0.5) is 0 Å². The molecule has 1 saturated heterocycles. The zero-order valence-electron chi connectivity index (χ0n) is 13.9. The second-order valence-electron chi connectivity index (χ2n) is 6.04. The molecule has 1 aromatic rings. The van der Waals surface area contributed by atoms with Crippen molar-refractivity contribution in [1.82, 2.24) is 9.62 Å². The van der Waals surface area contributed by atoms with Crippen molar-refractivity contribution in [3.63, 3.8) is 0 Å². The average molecular weight is 409 g/mol. The summed E-state index contributed by atoms with van der Waals surface area (Å²) in [5, 5.41) is 13.7. The van der Waals surface area contributed by atoms with E-state index in [0.29, 0.717) is 41.5 Å². The van der Waals surface area contributed by atoms with E-state index < -0.39 is 16.1 Å². The van der Waals surface area contributed by atoms with Crippen LogP contribution in [0.3, 0.4) is 0 Å². The minimum atomic E-state index is -3.20. The molecule has 9 heteroatoms. The van der Waals surface area contributed by atoms with Gasteiger partial charge >= 0.3 is 0 Å². The summed E-state index contributed by atoms with van der Waals surface area (Å²) in [7, 11) is -3.20. The highest BCUT2D eigenvalue weighted by atomic mass is 35.5. The monoisotopic (exact) mass is 408 g/mol. The zero-order valence-corrected chi connectivity index (χ0v) is 16.2. The van der Waals surface area contributed by atoms with Gasteiger partial charge in [0.2, 0.25) is 15.9 Å². The van der Waals surface area contributed by atoms with Crippen LogP contribution >= 0.6 is 23.2 Å². The standard InChI is InChI=1S/C16H22Cl2N2O4S/c1-2-25(23,24)20-5-3-11(4-6-20)16(22)19-10-15(21)12-7-13(17)9-14(18)8-12/h7-9,11,15,21H,2-6,10H2,1H3,(H,19,22)/t15-/m0/s1. The summed E-state index contributed by atoms with van der Waals surface area (Å²) < 4.78 is 25.1. The Labute approximate surface area is 158 Å². The second-order valence-corrected chi connectivity index (χ2v) is 9.17. The molecule has 0 aromatic heterocycles. The molecule has 1 aromatic carbocycles. The van der Waals surface area contributed by atoms with Gasteiger partial charge in [-0.25, -0.2) is 12.7 Å². The highest BCUT2D eigenvalue weighted by molar-refractivity contribution is 7.89. The van der Waals surface area contributed by atoms with Crippen molar-refractivity contribution < 1.29 is 18.3 Å². The van der Waals surface area contributed by atoms with Gasteiger partial charge in [-0.15, -0.1) is 0 Å². The third-order valence-electron chi connectivity index (χ3n) is 4.32. The van der Waals surface area contributed by atoms with Gasteiger partial charge in [-0.05, 0) is 43.5 Å². The number of nitrogens with one attached hydrogen (secondary N) is 1. The summed E-state index contributed by atoms with van der Waals surface area (Å²) >= 11 is 11.8. The first-order chi connectivity index (χ1) is 11.7. The summed E-state index contributed by atoms with van der Waals surface area (Å²) in [6.45, 7) is 2.35. The van der Waals surface area contributed by atoms with Crippen molar-refractivity contribution in [3.8, 4) is 0 Å². The molecule has 0 radical (unpaired) electrons. The lowest BCUT2D eigenvalue weighted by molar-refractivity contribution is -0.126. The van der Waals surface area contributed by atoms with Crippen molar-refractivity contribution >= 4 is 39.1 Å². The fraction of sp³-hybridized carbons (Fsp3) is 0.562. The molecule has 1 amide bonds. The fourth-order valence-electron chi connectivity index (χ4n) is 2.81. The van der Waals surface area contributed by atoms with Gasteiger partial charge in [0.25, 0.3) is 0 Å². The lowest BCUT2D eigenvalue weighted by Crippen LogP contribution is -2.44. The largest absolute Gasteiger partial charge is 0.387 e. The first-order valence-corrected chi connectivity index (χ1v) is 10.5. The quantitative estimate of drug-likeness (QED) is 0.754. The molecular weight excluding hydrogens is 387 g/mol. The fourth-order valence-corrected chi connectivity index (χ4v) is 4.48. The van der Waals surface area contributed by atoms with Gasteiger partial charge in [0, 0.05) is 35.6 Å². The molecule has 1 aliphatic rings. The van der Waals surface area contributed by atoms with Gasteiger partial charge < -0.3 is 10.4 Å². The second kappa shape index (κ2) is 8.68. The van der Waals surface area contributed by atoms with Crippen LogP contribution in [0.5, 0.6) is 0 Å². The molecule has 2 rings (SSSR count). The maximum atomic E-state index is 12.3. The number of hydrogen-bond donors (Lipinski definition) is 2. The van der Waals surface area contributed by atoms with Crippen LogP contribution in [-0.2, 0) is 14.8 Å². The summed E-state index contributed by atoms with van der Waals surface area (Å²) in [5.74, 6) is -0.364. The summed E-state index contributed by atoms with van der Waals surface area (Å²) in [6, 6.07) is 4.76. The molecule has 1 fully saturated rings. The maximum Gasteiger partial charge on any atom is 0.223 e. The van der Waals surface area contributed by atoms with Gasteiger partial charge in [-0.2, -0.15) is 0 Å². The average Bonchev–Trinajstić information content (AvgIpc) is 2.58. The Hall–Kier alpha value is -0.860. The van der Waals surface area contributed by atoms with Gasteiger partial charge in [0.1, 0.15) is 0 Å². The predicted molar refractivity (Wildman–Crippen MR) is 98.2 cm³/mol. The number of amides is 1. The Balaban J connectivity index is 1.85. The molecule has 140 valence electrons. The molecule has 0 bridgehead atoms. The first kappa shape index (κ1) is 20.5. The summed E-state index contributed by atoms with van der Waals surface area (Å²) in [4.78, 5) is 12.3. The number of nitrogens with zero attached hydrogens (tertiary/aromatic N) is 1. The van der Waals surface area contributed by atoms with Crippen molar-refractivity contribution in [1.29, 1.82) is 0 Å². The third-order valence-corrected chi connectivity index (χ3v) is 6.64. The number of carbonyl (C=O) groups is 1. The number of hydrogen-bond acceptors (Lipinski definition) is 4. The predicted octanol–water partition coefficient (Wildman–Crippen LogP) is 2.20. The van der Waals surface area contributed by atoms with E-state index in [4.69, 9.17) is 23.2 Å². The van der Waals surface area contributed by atoms with E-state index in [-0.39, 0.29) is 24.1 Å². The minimum Gasteiger partial charge on any atom is -0.387 e. The summed E-state index contributed by atoms with van der Waals surface area (Å²) in [6.07, 6.45) is 0.0367. The molecule has 1 atom stereocenters. The number of piperidine rings is 1. The molecule has 2 N–H and O–H groups in total. The Morgan fingerprint density at radius 2 is 1.84 bits per heavy atom. The Kier molecular flexibility index (Phi) is 7.10. The van der Waals surface area contributed by atoms with E-state index in [9.17, 15) is 18.3 Å². The molecule has 0 spiro atoms. The van der Waals surface area contributed by atoms with E-state index in [1.54, 1.807) is 25.1 Å². The van der Waals surface area contributed by atoms with Crippen LogP contribution in [0.1, 0.15) is 31.4 Å². The Morgan fingerprint density at radius 1 is 1.28 bits per heavy atom. The van der Waals surface area contributed by atoms with Crippen molar-refractivity contribution in [3.05, 3.63) is 33.8 Å². The van der Waals surface area contributed by atoms with Crippen LogP contribution in [0.25, 0.3) is 0 Å². The van der Waals surface area contributed by atoms with Crippen LogP contribution in [-0.4, -0.2) is 49.1 Å². The molecule has 0 aliphatic carbocycles. The van der Waals surface area contributed by atoms with E-state index in [2.05, 4.69) is 5.32 Å². The molecule has 6 nitrogen and oxygen atoms in total. The van der Waals surface area contributed by atoms with Crippen LogP contribution in [0.15, 0.2) is 18.2 Å². The smallest absolute Gasteiger partial charge is 0.223 e. The molecule has 1 aliphatic heterocycles. The lowest BCUT2D eigenvalue weighted by Gasteiger charge is -2.30. The number of rotatable bonds is 6. The Bertz CT molecular complexity index is 699. The third kappa shape index (κ3) is 5.56. The molecule has 1 heterocycles. The van der Waals surface area contributed by atoms with E-state index >= 15 is 0 Å². The highest BCUT2D eigenvalue weighted by Crippen LogP contribution is 2.24. The van der Waals surface area contributed by atoms with Gasteiger partial charge in [0.05, 0.1) is 11.9 Å². The molecule has 0 unspecified atom stereocenters. The maximum absolute atomic E-state index is 12.3. The highest BCUT2D eigenvalue weighted by Gasteiger charge is 2.30. The number of sulfonamides is 1. The number of halogens is 2. The van der Waals surface area contributed by atoms with E-state index in [1.165, 1.54) is 4.31 Å². The Morgan fingerprint density at radius 3 is 2.36 bits per heavy atom. The van der Waals surface area contributed by atoms with Crippen LogP contribution in [0.2, 0.25) is 10.0 Å². The minimum absolute atomic E-state index is 0.0446. The number of benzene rings is 1. The topological polar surface area (TPSA) is 86.7 Å². The molecular formula is C16H22Cl2N2O4S. The molecule has 25 heavy (non-hydrogen) atoms. The van der Waals surface area contributed by atoms with Crippen molar-refractivity contribution in [2.24, 2.45) is 5.92 Å². The number of aliphatic hydroxyl groups excluding tert-OH is 1. The first-order valence-electron chi connectivity index (χ1n) is 8.12. The number of carbonyl (C=O) groups excluding carboxylic acids is 1. The van der Waals surface area contributed by atoms with Crippen LogP contribution in [0, 0.1) is 5.92 Å². The van der Waals surface area contributed by atoms with Crippen LogP contribution < -0.4 is 5.32 Å². The SMILES string of the molecule is CCS(=O)(=O)N1CCC(C(=O)NC[C@H](O)c2cc(Cl)cc(Cl)c2)CC1. The van der Waals surface area contributed by atoms with Gasteiger partial charge in [0.15, 0.2) is 0 Å². The summed E-state index contributed by atoms with van der Waals surface area (Å²) in [5.41, 5.74) is 0.529. The van der Waals surface area contributed by atoms with Crippen molar-refractivity contribution in [2.45, 2.75) is 25.9 Å². The number of aliphatic hydroxyl groups is 1.